The van der Waals surface area contributed by atoms with E-state index in [2.05, 4.69) is 5.32 Å². The molecule has 1 fully saturated rings. The van der Waals surface area contributed by atoms with Gasteiger partial charge in [0.2, 0.25) is 5.91 Å². The molecule has 1 saturated carbocycles. The van der Waals surface area contributed by atoms with Crippen molar-refractivity contribution in [3.63, 3.8) is 0 Å². The number of carbonyl (C=O) groups excluding carboxylic acids is 1. The molecule has 0 spiro atoms. The zero-order valence-corrected chi connectivity index (χ0v) is 14.1. The average molecular weight is 320 g/mol. The molecule has 1 aromatic carbocycles. The third-order valence-electron chi connectivity index (χ3n) is 4.16. The first kappa shape index (κ1) is 17.6. The Kier molecular flexibility index (Phi) is 6.71. The van der Waals surface area contributed by atoms with Crippen molar-refractivity contribution in [3.05, 3.63) is 23.8 Å². The second-order valence-electron chi connectivity index (χ2n) is 5.96. The molecule has 3 N–H and O–H groups in total. The van der Waals surface area contributed by atoms with E-state index in [0.717, 1.165) is 42.7 Å². The fourth-order valence-electron chi connectivity index (χ4n) is 2.98. The maximum Gasteiger partial charge on any atom is 0.223 e. The third kappa shape index (κ3) is 5.13. The highest BCUT2D eigenvalue weighted by Crippen LogP contribution is 2.28. The first-order valence-electron chi connectivity index (χ1n) is 8.55. The fourth-order valence-corrected chi connectivity index (χ4v) is 2.98. The Morgan fingerprint density at radius 1 is 1.22 bits per heavy atom. The molecule has 1 aliphatic carbocycles. The van der Waals surface area contributed by atoms with Crippen LogP contribution in [0.5, 0.6) is 11.5 Å². The maximum atomic E-state index is 12.1. The molecule has 5 nitrogen and oxygen atoms in total. The summed E-state index contributed by atoms with van der Waals surface area (Å²) < 4.78 is 11.2. The van der Waals surface area contributed by atoms with E-state index in [1.165, 1.54) is 0 Å². The molecule has 0 heterocycles. The van der Waals surface area contributed by atoms with Crippen LogP contribution in [0.15, 0.2) is 18.2 Å². The predicted octanol–water partition coefficient (Wildman–Crippen LogP) is 2.27. The molecule has 1 aliphatic rings. The smallest absolute Gasteiger partial charge is 0.223 e. The monoisotopic (exact) mass is 320 g/mol. The van der Waals surface area contributed by atoms with E-state index in [9.17, 15) is 4.79 Å². The summed E-state index contributed by atoms with van der Waals surface area (Å²) in [5, 5.41) is 3.02. The number of nitrogens with one attached hydrogen (secondary N) is 1. The Balaban J connectivity index is 1.85. The summed E-state index contributed by atoms with van der Waals surface area (Å²) >= 11 is 0. The normalized spacial score (nSPS) is 20.3. The predicted molar refractivity (Wildman–Crippen MR) is 90.8 cm³/mol. The molecular weight excluding hydrogens is 292 g/mol. The van der Waals surface area contributed by atoms with E-state index >= 15 is 0 Å². The molecule has 0 aliphatic heterocycles. The van der Waals surface area contributed by atoms with Crippen molar-refractivity contribution >= 4 is 5.91 Å². The van der Waals surface area contributed by atoms with Gasteiger partial charge in [0.25, 0.3) is 0 Å². The standard InChI is InChI=1S/C18H28N2O3/c1-3-22-16-8-5-13(11-17(16)23-4-2)9-10-20-18(21)14-6-7-15(19)12-14/h5,8,11,14-15H,3-4,6-7,9-10,12,19H2,1-2H3,(H,20,21). The number of hydrogen-bond donors (Lipinski definition) is 2. The summed E-state index contributed by atoms with van der Waals surface area (Å²) in [6.07, 6.45) is 3.44. The van der Waals surface area contributed by atoms with Crippen LogP contribution in [0.4, 0.5) is 0 Å². The van der Waals surface area contributed by atoms with Gasteiger partial charge in [0, 0.05) is 18.5 Å². The van der Waals surface area contributed by atoms with Crippen LogP contribution in [-0.2, 0) is 11.2 Å². The number of ether oxygens (including phenoxy) is 2. The quantitative estimate of drug-likeness (QED) is 0.770. The van der Waals surface area contributed by atoms with Gasteiger partial charge in [0.15, 0.2) is 11.5 Å². The molecule has 0 radical (unpaired) electrons. The molecule has 0 aromatic heterocycles. The minimum Gasteiger partial charge on any atom is -0.490 e. The number of amides is 1. The van der Waals surface area contributed by atoms with Gasteiger partial charge in [-0.2, -0.15) is 0 Å². The Hall–Kier alpha value is -1.75. The summed E-state index contributed by atoms with van der Waals surface area (Å²) in [6.45, 7) is 5.74. The van der Waals surface area contributed by atoms with Gasteiger partial charge in [-0.25, -0.2) is 0 Å². The van der Waals surface area contributed by atoms with Crippen LogP contribution in [0.2, 0.25) is 0 Å². The first-order valence-corrected chi connectivity index (χ1v) is 8.55. The Morgan fingerprint density at radius 2 is 1.96 bits per heavy atom. The van der Waals surface area contributed by atoms with Crippen molar-refractivity contribution in [2.45, 2.75) is 45.6 Å². The van der Waals surface area contributed by atoms with Crippen molar-refractivity contribution in [1.29, 1.82) is 0 Å². The number of benzene rings is 1. The van der Waals surface area contributed by atoms with Crippen molar-refractivity contribution in [2.24, 2.45) is 11.7 Å². The summed E-state index contributed by atoms with van der Waals surface area (Å²) in [6, 6.07) is 6.13. The lowest BCUT2D eigenvalue weighted by atomic mass is 10.1. The molecule has 1 amide bonds. The van der Waals surface area contributed by atoms with Crippen LogP contribution in [-0.4, -0.2) is 31.7 Å². The maximum absolute atomic E-state index is 12.1. The Morgan fingerprint density at radius 3 is 2.61 bits per heavy atom. The zero-order chi connectivity index (χ0) is 16.7. The van der Waals surface area contributed by atoms with Gasteiger partial charge >= 0.3 is 0 Å². The van der Waals surface area contributed by atoms with Crippen LogP contribution >= 0.6 is 0 Å². The SMILES string of the molecule is CCOc1ccc(CCNC(=O)C2CCC(N)C2)cc1OCC. The Bertz CT molecular complexity index is 519. The molecule has 128 valence electrons. The van der Waals surface area contributed by atoms with Crippen LogP contribution in [0, 0.1) is 5.92 Å². The minimum absolute atomic E-state index is 0.0873. The average Bonchev–Trinajstić information content (AvgIpc) is 2.97. The lowest BCUT2D eigenvalue weighted by Crippen LogP contribution is -2.31. The number of nitrogens with two attached hydrogens (primary N) is 1. The zero-order valence-electron chi connectivity index (χ0n) is 14.1. The van der Waals surface area contributed by atoms with Gasteiger partial charge in [0.1, 0.15) is 0 Å². The Labute approximate surface area is 138 Å². The van der Waals surface area contributed by atoms with Gasteiger partial charge in [0.05, 0.1) is 13.2 Å². The molecule has 5 heteroatoms. The van der Waals surface area contributed by atoms with Crippen LogP contribution in [0.3, 0.4) is 0 Å². The molecule has 1 aromatic rings. The van der Waals surface area contributed by atoms with E-state index in [1.807, 2.05) is 32.0 Å². The molecule has 2 atom stereocenters. The van der Waals surface area contributed by atoms with E-state index in [-0.39, 0.29) is 17.9 Å². The van der Waals surface area contributed by atoms with E-state index in [0.29, 0.717) is 19.8 Å². The summed E-state index contributed by atoms with van der Waals surface area (Å²) in [4.78, 5) is 12.1. The summed E-state index contributed by atoms with van der Waals surface area (Å²) in [7, 11) is 0. The van der Waals surface area contributed by atoms with Crippen molar-refractivity contribution < 1.29 is 14.3 Å². The highest BCUT2D eigenvalue weighted by molar-refractivity contribution is 5.79. The van der Waals surface area contributed by atoms with Gasteiger partial charge < -0.3 is 20.5 Å². The van der Waals surface area contributed by atoms with Gasteiger partial charge in [-0.15, -0.1) is 0 Å². The van der Waals surface area contributed by atoms with Gasteiger partial charge in [-0.1, -0.05) is 6.07 Å². The fraction of sp³-hybridized carbons (Fsp3) is 0.611. The molecular formula is C18H28N2O3. The highest BCUT2D eigenvalue weighted by atomic mass is 16.5. The molecule has 0 bridgehead atoms. The second kappa shape index (κ2) is 8.77. The largest absolute Gasteiger partial charge is 0.490 e. The summed E-state index contributed by atoms with van der Waals surface area (Å²) in [5.74, 6) is 1.75. The van der Waals surface area contributed by atoms with Crippen molar-refractivity contribution in [1.82, 2.24) is 5.32 Å². The third-order valence-corrected chi connectivity index (χ3v) is 4.16. The lowest BCUT2D eigenvalue weighted by Gasteiger charge is -2.13. The number of carbonyl (C=O) groups is 1. The first-order chi connectivity index (χ1) is 11.1. The van der Waals surface area contributed by atoms with Gasteiger partial charge in [-0.05, 0) is 57.2 Å². The number of hydrogen-bond acceptors (Lipinski definition) is 4. The molecule has 23 heavy (non-hydrogen) atoms. The van der Waals surface area contributed by atoms with Crippen molar-refractivity contribution in [3.8, 4) is 11.5 Å². The van der Waals surface area contributed by atoms with Crippen LogP contribution in [0.1, 0.15) is 38.7 Å². The van der Waals surface area contributed by atoms with Crippen molar-refractivity contribution in [2.75, 3.05) is 19.8 Å². The van der Waals surface area contributed by atoms with E-state index in [1.54, 1.807) is 0 Å². The van der Waals surface area contributed by atoms with Gasteiger partial charge in [-0.3, -0.25) is 4.79 Å². The molecule has 0 saturated heterocycles. The highest BCUT2D eigenvalue weighted by Gasteiger charge is 2.27. The number of rotatable bonds is 8. The lowest BCUT2D eigenvalue weighted by molar-refractivity contribution is -0.124. The topological polar surface area (TPSA) is 73.6 Å². The van der Waals surface area contributed by atoms with Crippen LogP contribution in [0.25, 0.3) is 0 Å². The van der Waals surface area contributed by atoms with E-state index in [4.69, 9.17) is 15.2 Å². The van der Waals surface area contributed by atoms with E-state index < -0.39 is 0 Å². The second-order valence-corrected chi connectivity index (χ2v) is 5.96. The van der Waals surface area contributed by atoms with Crippen LogP contribution < -0.4 is 20.5 Å². The molecule has 2 unspecified atom stereocenters. The minimum atomic E-state index is 0.0873. The molecule has 2 rings (SSSR count). The summed E-state index contributed by atoms with van der Waals surface area (Å²) in [5.41, 5.74) is 6.99.